The monoisotopic (exact) mass is 280 g/mol. The molecule has 0 atom stereocenters. The minimum Gasteiger partial charge on any atom is -0.241 e. The van der Waals surface area contributed by atoms with E-state index in [0.29, 0.717) is 0 Å². The van der Waals surface area contributed by atoms with Gasteiger partial charge in [0.15, 0.2) is 0 Å². The number of nitrogens with zero attached hydrogens (tertiary/aromatic N) is 2. The van der Waals surface area contributed by atoms with E-state index in [4.69, 9.17) is 0 Å². The second kappa shape index (κ2) is 5.97. The standard InChI is InChI=1S/C17H16N2S/c1-14-7-9-17(10-8-14)20-13-15-11-18-19(12-15)16-5-3-2-4-6-16/h2-12H,13H2,1H3. The minimum absolute atomic E-state index is 0.940. The van der Waals surface area contributed by atoms with Gasteiger partial charge in [-0.05, 0) is 31.2 Å². The highest BCUT2D eigenvalue weighted by atomic mass is 32.2. The van der Waals surface area contributed by atoms with Crippen LogP contribution < -0.4 is 0 Å². The fourth-order valence-electron chi connectivity index (χ4n) is 1.96. The summed E-state index contributed by atoms with van der Waals surface area (Å²) in [5.41, 5.74) is 3.63. The molecule has 2 nitrogen and oxygen atoms in total. The largest absolute Gasteiger partial charge is 0.241 e. The highest BCUT2D eigenvalue weighted by Crippen LogP contribution is 2.23. The summed E-state index contributed by atoms with van der Waals surface area (Å²) in [7, 11) is 0. The SMILES string of the molecule is Cc1ccc(SCc2cnn(-c3ccccc3)c2)cc1. The van der Waals surface area contributed by atoms with Crippen LogP contribution in [0.15, 0.2) is 71.9 Å². The van der Waals surface area contributed by atoms with Gasteiger partial charge in [0.05, 0.1) is 11.9 Å². The van der Waals surface area contributed by atoms with Crippen LogP contribution in [0.3, 0.4) is 0 Å². The first-order valence-corrected chi connectivity index (χ1v) is 7.58. The van der Waals surface area contributed by atoms with Gasteiger partial charge in [0.1, 0.15) is 0 Å². The molecule has 0 aliphatic heterocycles. The smallest absolute Gasteiger partial charge is 0.0645 e. The van der Waals surface area contributed by atoms with Crippen molar-refractivity contribution in [3.8, 4) is 5.69 Å². The molecule has 0 aliphatic carbocycles. The molecule has 20 heavy (non-hydrogen) atoms. The number of para-hydroxylation sites is 1. The van der Waals surface area contributed by atoms with Crippen LogP contribution in [0.2, 0.25) is 0 Å². The third kappa shape index (κ3) is 3.11. The Bertz CT molecular complexity index is 672. The van der Waals surface area contributed by atoms with Crippen LogP contribution >= 0.6 is 11.8 Å². The fraction of sp³-hybridized carbons (Fsp3) is 0.118. The number of benzene rings is 2. The van der Waals surface area contributed by atoms with Gasteiger partial charge in [-0.15, -0.1) is 11.8 Å². The fourth-order valence-corrected chi connectivity index (χ4v) is 2.77. The van der Waals surface area contributed by atoms with Crippen molar-refractivity contribution in [1.82, 2.24) is 9.78 Å². The second-order valence-electron chi connectivity index (χ2n) is 4.73. The van der Waals surface area contributed by atoms with Gasteiger partial charge >= 0.3 is 0 Å². The van der Waals surface area contributed by atoms with Crippen molar-refractivity contribution in [2.45, 2.75) is 17.6 Å². The van der Waals surface area contributed by atoms with Gasteiger partial charge in [-0.2, -0.15) is 5.10 Å². The average Bonchev–Trinajstić information content (AvgIpc) is 2.97. The molecule has 0 unspecified atom stereocenters. The van der Waals surface area contributed by atoms with Gasteiger partial charge in [0, 0.05) is 22.4 Å². The molecule has 0 bridgehead atoms. The number of hydrogen-bond acceptors (Lipinski definition) is 2. The Balaban J connectivity index is 1.67. The zero-order valence-electron chi connectivity index (χ0n) is 11.4. The predicted molar refractivity (Wildman–Crippen MR) is 84.3 cm³/mol. The summed E-state index contributed by atoms with van der Waals surface area (Å²) in [6.07, 6.45) is 4.03. The van der Waals surface area contributed by atoms with Crippen LogP contribution in [0.1, 0.15) is 11.1 Å². The average molecular weight is 280 g/mol. The van der Waals surface area contributed by atoms with Gasteiger partial charge in [0.2, 0.25) is 0 Å². The highest BCUT2D eigenvalue weighted by molar-refractivity contribution is 7.98. The van der Waals surface area contributed by atoms with E-state index in [1.807, 2.05) is 40.8 Å². The summed E-state index contributed by atoms with van der Waals surface area (Å²) < 4.78 is 1.92. The lowest BCUT2D eigenvalue weighted by molar-refractivity contribution is 0.880. The Hall–Kier alpha value is -2.00. The van der Waals surface area contributed by atoms with E-state index in [-0.39, 0.29) is 0 Å². The highest BCUT2D eigenvalue weighted by Gasteiger charge is 2.01. The van der Waals surface area contributed by atoms with E-state index in [1.165, 1.54) is 16.0 Å². The zero-order chi connectivity index (χ0) is 13.8. The summed E-state index contributed by atoms with van der Waals surface area (Å²) in [6, 6.07) is 18.8. The van der Waals surface area contributed by atoms with Crippen LogP contribution in [0.5, 0.6) is 0 Å². The molecule has 2 aromatic carbocycles. The molecule has 1 heterocycles. The van der Waals surface area contributed by atoms with E-state index in [1.54, 1.807) is 0 Å². The molecular weight excluding hydrogens is 264 g/mol. The van der Waals surface area contributed by atoms with Crippen molar-refractivity contribution in [2.24, 2.45) is 0 Å². The van der Waals surface area contributed by atoms with Crippen LogP contribution in [0, 0.1) is 6.92 Å². The third-order valence-corrected chi connectivity index (χ3v) is 4.17. The normalized spacial score (nSPS) is 10.7. The maximum absolute atomic E-state index is 4.42. The first-order valence-electron chi connectivity index (χ1n) is 6.60. The van der Waals surface area contributed by atoms with Crippen LogP contribution in [0.4, 0.5) is 0 Å². The molecule has 3 rings (SSSR count). The maximum Gasteiger partial charge on any atom is 0.0645 e. The van der Waals surface area contributed by atoms with Crippen LogP contribution in [0.25, 0.3) is 5.69 Å². The summed E-state index contributed by atoms with van der Waals surface area (Å²) >= 11 is 1.84. The van der Waals surface area contributed by atoms with Crippen molar-refractivity contribution < 1.29 is 0 Å². The third-order valence-electron chi connectivity index (χ3n) is 3.08. The van der Waals surface area contributed by atoms with Gasteiger partial charge in [0.25, 0.3) is 0 Å². The van der Waals surface area contributed by atoms with Gasteiger partial charge < -0.3 is 0 Å². The topological polar surface area (TPSA) is 17.8 Å². The Morgan fingerprint density at radius 1 is 1.00 bits per heavy atom. The Labute approximate surface area is 123 Å². The van der Waals surface area contributed by atoms with E-state index in [9.17, 15) is 0 Å². The molecule has 3 heteroatoms. The van der Waals surface area contributed by atoms with Gasteiger partial charge in [-0.3, -0.25) is 0 Å². The molecule has 0 N–H and O–H groups in total. The van der Waals surface area contributed by atoms with Crippen LogP contribution in [-0.2, 0) is 5.75 Å². The predicted octanol–water partition coefficient (Wildman–Crippen LogP) is 4.47. The number of thioether (sulfide) groups is 1. The van der Waals surface area contributed by atoms with E-state index >= 15 is 0 Å². The molecule has 3 aromatic rings. The zero-order valence-corrected chi connectivity index (χ0v) is 12.2. The van der Waals surface area contributed by atoms with Gasteiger partial charge in [-0.1, -0.05) is 35.9 Å². The van der Waals surface area contributed by atoms with Crippen molar-refractivity contribution in [2.75, 3.05) is 0 Å². The van der Waals surface area contributed by atoms with E-state index < -0.39 is 0 Å². The maximum atomic E-state index is 4.42. The van der Waals surface area contributed by atoms with E-state index in [2.05, 4.69) is 54.6 Å². The molecule has 0 amide bonds. The molecule has 100 valence electrons. The van der Waals surface area contributed by atoms with Crippen molar-refractivity contribution >= 4 is 11.8 Å². The molecule has 0 saturated heterocycles. The first-order chi connectivity index (χ1) is 9.81. The molecule has 1 aromatic heterocycles. The van der Waals surface area contributed by atoms with Crippen molar-refractivity contribution in [3.63, 3.8) is 0 Å². The van der Waals surface area contributed by atoms with E-state index in [0.717, 1.165) is 11.4 Å². The lowest BCUT2D eigenvalue weighted by Crippen LogP contribution is -1.92. The van der Waals surface area contributed by atoms with Gasteiger partial charge in [-0.25, -0.2) is 4.68 Å². The minimum atomic E-state index is 0.940. The number of hydrogen-bond donors (Lipinski definition) is 0. The molecule has 0 saturated carbocycles. The van der Waals surface area contributed by atoms with Crippen molar-refractivity contribution in [3.05, 3.63) is 78.1 Å². The lowest BCUT2D eigenvalue weighted by atomic mass is 10.2. The first kappa shape index (κ1) is 13.0. The number of rotatable bonds is 4. The summed E-state index contributed by atoms with van der Waals surface area (Å²) in [5.74, 6) is 0.940. The molecular formula is C17H16N2S. The van der Waals surface area contributed by atoms with Crippen LogP contribution in [-0.4, -0.2) is 9.78 Å². The number of aryl methyl sites for hydroxylation is 1. The van der Waals surface area contributed by atoms with Crippen molar-refractivity contribution in [1.29, 1.82) is 0 Å². The molecule has 0 fully saturated rings. The number of aromatic nitrogens is 2. The Kier molecular flexibility index (Phi) is 3.88. The Morgan fingerprint density at radius 3 is 2.50 bits per heavy atom. The summed E-state index contributed by atoms with van der Waals surface area (Å²) in [6.45, 7) is 2.11. The Morgan fingerprint density at radius 2 is 1.75 bits per heavy atom. The summed E-state index contributed by atoms with van der Waals surface area (Å²) in [4.78, 5) is 1.29. The molecule has 0 radical (unpaired) electrons. The second-order valence-corrected chi connectivity index (χ2v) is 5.78. The molecule has 0 spiro atoms. The quantitative estimate of drug-likeness (QED) is 0.656. The lowest BCUT2D eigenvalue weighted by Gasteiger charge is -2.01. The molecule has 0 aliphatic rings. The summed E-state index contributed by atoms with van der Waals surface area (Å²) in [5, 5.41) is 4.42.